The van der Waals surface area contributed by atoms with Crippen molar-refractivity contribution in [2.45, 2.75) is 45.1 Å². The van der Waals surface area contributed by atoms with Gasteiger partial charge in [0.15, 0.2) is 0 Å². The molecule has 1 aliphatic rings. The number of carboxylic acid groups (broad SMARTS) is 1. The summed E-state index contributed by atoms with van der Waals surface area (Å²) in [5.74, 6) is -0.0440. The van der Waals surface area contributed by atoms with Crippen molar-refractivity contribution in [2.75, 3.05) is 13.2 Å². The summed E-state index contributed by atoms with van der Waals surface area (Å²) in [4.78, 5) is 10.7. The van der Waals surface area contributed by atoms with Crippen LogP contribution < -0.4 is 0 Å². The van der Waals surface area contributed by atoms with Crippen LogP contribution in [0.2, 0.25) is 5.02 Å². The lowest BCUT2D eigenvalue weighted by atomic mass is 9.82. The predicted molar refractivity (Wildman–Crippen MR) is 136 cm³/mol. The molecule has 0 radical (unpaired) electrons. The van der Waals surface area contributed by atoms with E-state index < -0.39 is 5.97 Å². The molecule has 1 aliphatic carbocycles. The van der Waals surface area contributed by atoms with Gasteiger partial charge in [-0.05, 0) is 55.2 Å². The lowest BCUT2D eigenvalue weighted by Crippen LogP contribution is -2.23. The number of benzene rings is 2. The summed E-state index contributed by atoms with van der Waals surface area (Å²) in [6, 6.07) is 20.3. The molecule has 1 heterocycles. The van der Waals surface area contributed by atoms with Crippen LogP contribution in [0.25, 0.3) is 22.4 Å². The van der Waals surface area contributed by atoms with Crippen molar-refractivity contribution in [1.29, 1.82) is 5.26 Å². The number of carboxylic acids is 1. The van der Waals surface area contributed by atoms with E-state index in [1.165, 1.54) is 0 Å². The van der Waals surface area contributed by atoms with Crippen LogP contribution >= 0.6 is 11.6 Å². The average Bonchev–Trinajstić information content (AvgIpc) is 3.22. The van der Waals surface area contributed by atoms with Crippen LogP contribution in [0.4, 0.5) is 0 Å². The summed E-state index contributed by atoms with van der Waals surface area (Å²) >= 11 is 6.36. The van der Waals surface area contributed by atoms with E-state index in [2.05, 4.69) is 29.0 Å². The van der Waals surface area contributed by atoms with Crippen LogP contribution in [0.15, 0.2) is 54.6 Å². The van der Waals surface area contributed by atoms with Gasteiger partial charge in [-0.2, -0.15) is 10.4 Å². The number of ether oxygens (including phenoxy) is 1. The lowest BCUT2D eigenvalue weighted by Gasteiger charge is -2.28. The van der Waals surface area contributed by atoms with E-state index in [0.29, 0.717) is 36.3 Å². The molecular formula is C28H30ClN3O3. The molecule has 1 N–H and O–H groups in total. The minimum Gasteiger partial charge on any atom is -0.480 e. The van der Waals surface area contributed by atoms with Crippen molar-refractivity contribution >= 4 is 17.6 Å². The van der Waals surface area contributed by atoms with Crippen molar-refractivity contribution in [3.63, 3.8) is 0 Å². The maximum absolute atomic E-state index is 10.7. The van der Waals surface area contributed by atoms with Gasteiger partial charge in [0.2, 0.25) is 0 Å². The average molecular weight is 492 g/mol. The van der Waals surface area contributed by atoms with Crippen LogP contribution in [0, 0.1) is 23.2 Å². The van der Waals surface area contributed by atoms with E-state index in [4.69, 9.17) is 26.5 Å². The van der Waals surface area contributed by atoms with Gasteiger partial charge in [0.25, 0.3) is 0 Å². The SMILES string of the molecule is N#CCCc1c(-c2cccc(Cl)c2)c(-c2ccccc2)nn1C[C@H]1CC[C@@H](COCC(=O)O)CC1. The number of hydrogen-bond acceptors (Lipinski definition) is 4. The number of hydrogen-bond donors (Lipinski definition) is 1. The second kappa shape index (κ2) is 12.0. The van der Waals surface area contributed by atoms with Crippen LogP contribution in [-0.4, -0.2) is 34.1 Å². The van der Waals surface area contributed by atoms with Gasteiger partial charge in [-0.25, -0.2) is 4.79 Å². The summed E-state index contributed by atoms with van der Waals surface area (Å²) < 4.78 is 7.43. The van der Waals surface area contributed by atoms with Gasteiger partial charge in [-0.1, -0.05) is 54.1 Å². The molecule has 1 fully saturated rings. The molecule has 0 bridgehead atoms. The summed E-state index contributed by atoms with van der Waals surface area (Å²) in [7, 11) is 0. The molecule has 0 aliphatic heterocycles. The Morgan fingerprint density at radius 3 is 2.49 bits per heavy atom. The summed E-state index contributed by atoms with van der Waals surface area (Å²) in [6.45, 7) is 1.07. The van der Waals surface area contributed by atoms with Gasteiger partial charge in [0.05, 0.1) is 12.7 Å². The van der Waals surface area contributed by atoms with Crippen LogP contribution in [-0.2, 0) is 22.5 Å². The zero-order valence-electron chi connectivity index (χ0n) is 19.7. The first-order valence-corrected chi connectivity index (χ1v) is 12.5. The van der Waals surface area contributed by atoms with Crippen LogP contribution in [0.5, 0.6) is 0 Å². The van der Waals surface area contributed by atoms with Crippen molar-refractivity contribution in [3.05, 3.63) is 65.3 Å². The molecule has 0 atom stereocenters. The first kappa shape index (κ1) is 25.0. The number of rotatable bonds is 10. The predicted octanol–water partition coefficient (Wildman–Crippen LogP) is 6.23. The molecular weight excluding hydrogens is 462 g/mol. The Balaban J connectivity index is 1.61. The van der Waals surface area contributed by atoms with Crippen molar-refractivity contribution < 1.29 is 14.6 Å². The lowest BCUT2D eigenvalue weighted by molar-refractivity contribution is -0.142. The zero-order valence-corrected chi connectivity index (χ0v) is 20.5. The molecule has 2 aromatic carbocycles. The number of halogens is 1. The molecule has 0 spiro atoms. The van der Waals surface area contributed by atoms with Gasteiger partial charge in [0, 0.05) is 41.2 Å². The number of aromatic nitrogens is 2. The topological polar surface area (TPSA) is 88.1 Å². The second-order valence-electron chi connectivity index (χ2n) is 9.18. The quantitative estimate of drug-likeness (QED) is 0.363. The smallest absolute Gasteiger partial charge is 0.329 e. The fourth-order valence-electron chi connectivity index (χ4n) is 4.96. The van der Waals surface area contributed by atoms with Crippen molar-refractivity contribution in [3.8, 4) is 28.5 Å². The third-order valence-electron chi connectivity index (χ3n) is 6.67. The Hall–Kier alpha value is -3.14. The van der Waals surface area contributed by atoms with Crippen LogP contribution in [0.1, 0.15) is 37.8 Å². The maximum atomic E-state index is 10.7. The van der Waals surface area contributed by atoms with Gasteiger partial charge >= 0.3 is 5.97 Å². The molecule has 7 heteroatoms. The second-order valence-corrected chi connectivity index (χ2v) is 9.62. The molecule has 182 valence electrons. The number of carbonyl (C=O) groups is 1. The standard InChI is InChI=1S/C28H30ClN3O3/c29-24-9-4-8-23(16-24)27-25(10-5-15-30)32(31-28(27)22-6-2-1-3-7-22)17-20-11-13-21(14-12-20)18-35-19-26(33)34/h1-4,6-9,16,20-21H,5,10-14,17-19H2,(H,33,34)/t20-,21+. The normalized spacial score (nSPS) is 17.7. The highest BCUT2D eigenvalue weighted by Crippen LogP contribution is 2.38. The van der Waals surface area contributed by atoms with Gasteiger partial charge in [0.1, 0.15) is 12.3 Å². The Bertz CT molecular complexity index is 1180. The fraction of sp³-hybridized carbons (Fsp3) is 0.393. The molecule has 4 rings (SSSR count). The molecule has 3 aromatic rings. The van der Waals surface area contributed by atoms with Crippen molar-refractivity contribution in [1.82, 2.24) is 9.78 Å². The molecule has 0 saturated heterocycles. The van der Waals surface area contributed by atoms with E-state index in [0.717, 1.165) is 60.3 Å². The molecule has 35 heavy (non-hydrogen) atoms. The molecule has 6 nitrogen and oxygen atoms in total. The van der Waals surface area contributed by atoms with Crippen molar-refractivity contribution in [2.24, 2.45) is 11.8 Å². The Labute approximate surface area is 211 Å². The van der Waals surface area contributed by atoms with E-state index in [-0.39, 0.29) is 6.61 Å². The highest BCUT2D eigenvalue weighted by atomic mass is 35.5. The van der Waals surface area contributed by atoms with Gasteiger partial charge in [-0.15, -0.1) is 0 Å². The maximum Gasteiger partial charge on any atom is 0.329 e. The Morgan fingerprint density at radius 1 is 1.09 bits per heavy atom. The third kappa shape index (κ3) is 6.50. The minimum absolute atomic E-state index is 0.232. The zero-order chi connectivity index (χ0) is 24.6. The van der Waals surface area contributed by atoms with E-state index in [1.54, 1.807) is 0 Å². The largest absolute Gasteiger partial charge is 0.480 e. The van der Waals surface area contributed by atoms with Crippen LogP contribution in [0.3, 0.4) is 0 Å². The van der Waals surface area contributed by atoms with Gasteiger partial charge in [-0.3, -0.25) is 4.68 Å². The summed E-state index contributed by atoms with van der Waals surface area (Å²) in [5, 5.41) is 23.9. The number of aliphatic carboxylic acids is 1. The first-order valence-electron chi connectivity index (χ1n) is 12.1. The molecule has 1 saturated carbocycles. The van der Waals surface area contributed by atoms with E-state index in [1.807, 2.05) is 36.4 Å². The number of nitrogens with zero attached hydrogens (tertiary/aromatic N) is 3. The minimum atomic E-state index is -0.924. The van der Waals surface area contributed by atoms with Gasteiger partial charge < -0.3 is 9.84 Å². The Kier molecular flexibility index (Phi) is 8.57. The van der Waals surface area contributed by atoms with E-state index >= 15 is 0 Å². The summed E-state index contributed by atoms with van der Waals surface area (Å²) in [6.07, 6.45) is 5.17. The molecule has 0 unspecified atom stereocenters. The highest BCUT2D eigenvalue weighted by Gasteiger charge is 2.26. The fourth-order valence-corrected chi connectivity index (χ4v) is 5.15. The number of nitriles is 1. The monoisotopic (exact) mass is 491 g/mol. The van der Waals surface area contributed by atoms with E-state index in [9.17, 15) is 10.1 Å². The third-order valence-corrected chi connectivity index (χ3v) is 6.90. The highest BCUT2D eigenvalue weighted by molar-refractivity contribution is 6.30. The first-order chi connectivity index (χ1) is 17.0. The molecule has 1 aromatic heterocycles. The molecule has 0 amide bonds. The summed E-state index contributed by atoms with van der Waals surface area (Å²) in [5.41, 5.74) is 5.08. The Morgan fingerprint density at radius 2 is 1.80 bits per heavy atom.